The van der Waals surface area contributed by atoms with Crippen LogP contribution in [0.15, 0.2) is 18.6 Å². The van der Waals surface area contributed by atoms with Crippen LogP contribution in [0, 0.1) is 5.41 Å². The molecule has 0 aliphatic heterocycles. The minimum absolute atomic E-state index is 0.151. The van der Waals surface area contributed by atoms with Crippen LogP contribution in [0.5, 0.6) is 0 Å². The molecule has 2 rings (SSSR count). The molecule has 6 nitrogen and oxygen atoms in total. The lowest BCUT2D eigenvalue weighted by atomic mass is 9.69. The maximum absolute atomic E-state index is 11.6. The lowest BCUT2D eigenvalue weighted by Crippen LogP contribution is -2.47. The molecule has 1 amide bonds. The summed E-state index contributed by atoms with van der Waals surface area (Å²) in [5, 5.41) is 11.7. The average molecular weight is 235 g/mol. The van der Waals surface area contributed by atoms with Crippen molar-refractivity contribution in [2.24, 2.45) is 5.41 Å². The average Bonchev–Trinajstić information content (AvgIpc) is 2.28. The van der Waals surface area contributed by atoms with Gasteiger partial charge in [0, 0.05) is 18.9 Å². The summed E-state index contributed by atoms with van der Waals surface area (Å²) in [5.41, 5.74) is -0.579. The second-order valence-electron chi connectivity index (χ2n) is 4.21. The van der Waals surface area contributed by atoms with Crippen LogP contribution in [0.2, 0.25) is 0 Å². The van der Waals surface area contributed by atoms with Gasteiger partial charge < -0.3 is 10.4 Å². The Morgan fingerprint density at radius 3 is 2.65 bits per heavy atom. The Kier molecular flexibility index (Phi) is 3.03. The van der Waals surface area contributed by atoms with Crippen LogP contribution in [0.25, 0.3) is 0 Å². The largest absolute Gasteiger partial charge is 0.481 e. The summed E-state index contributed by atoms with van der Waals surface area (Å²) in [6.45, 7) is 0.151. The topological polar surface area (TPSA) is 92.2 Å². The molecule has 1 fully saturated rings. The molecular formula is C11H13N3O3. The zero-order chi connectivity index (χ0) is 12.3. The molecule has 0 spiro atoms. The monoisotopic (exact) mass is 235 g/mol. The van der Waals surface area contributed by atoms with E-state index in [1.54, 1.807) is 0 Å². The number of carboxylic acid groups (broad SMARTS) is 1. The van der Waals surface area contributed by atoms with Crippen molar-refractivity contribution >= 4 is 11.9 Å². The number of nitrogens with zero attached hydrogens (tertiary/aromatic N) is 2. The van der Waals surface area contributed by atoms with Crippen molar-refractivity contribution in [1.82, 2.24) is 15.3 Å². The van der Waals surface area contributed by atoms with Gasteiger partial charge >= 0.3 is 5.97 Å². The summed E-state index contributed by atoms with van der Waals surface area (Å²) < 4.78 is 0. The molecule has 90 valence electrons. The zero-order valence-corrected chi connectivity index (χ0v) is 9.22. The lowest BCUT2D eigenvalue weighted by Gasteiger charge is -2.37. The summed E-state index contributed by atoms with van der Waals surface area (Å²) in [6, 6.07) is 0. The van der Waals surface area contributed by atoms with Gasteiger partial charge in [-0.15, -0.1) is 0 Å². The van der Waals surface area contributed by atoms with Crippen molar-refractivity contribution in [2.75, 3.05) is 6.54 Å². The SMILES string of the molecule is O=C(NCC1(C(=O)O)CCC1)c1cnccn1. The van der Waals surface area contributed by atoms with Crippen LogP contribution in [0.3, 0.4) is 0 Å². The first-order chi connectivity index (χ1) is 8.14. The molecule has 1 aliphatic carbocycles. The van der Waals surface area contributed by atoms with Crippen LogP contribution >= 0.6 is 0 Å². The van der Waals surface area contributed by atoms with Crippen molar-refractivity contribution in [2.45, 2.75) is 19.3 Å². The maximum atomic E-state index is 11.6. The molecule has 2 N–H and O–H groups in total. The van der Waals surface area contributed by atoms with Crippen LogP contribution in [0.4, 0.5) is 0 Å². The van der Waals surface area contributed by atoms with Crippen molar-refractivity contribution in [3.63, 3.8) is 0 Å². The first kappa shape index (κ1) is 11.5. The molecule has 0 atom stereocenters. The van der Waals surface area contributed by atoms with Gasteiger partial charge in [0.2, 0.25) is 0 Å². The number of rotatable bonds is 4. The van der Waals surface area contributed by atoms with E-state index in [0.29, 0.717) is 12.8 Å². The molecule has 1 aromatic rings. The van der Waals surface area contributed by atoms with Crippen molar-refractivity contribution in [3.05, 3.63) is 24.3 Å². The van der Waals surface area contributed by atoms with Gasteiger partial charge in [-0.2, -0.15) is 0 Å². The Morgan fingerprint density at radius 1 is 1.41 bits per heavy atom. The highest BCUT2D eigenvalue weighted by Crippen LogP contribution is 2.40. The highest BCUT2D eigenvalue weighted by Gasteiger charge is 2.44. The van der Waals surface area contributed by atoms with Crippen molar-refractivity contribution < 1.29 is 14.7 Å². The number of aliphatic carboxylic acids is 1. The fraction of sp³-hybridized carbons (Fsp3) is 0.455. The quantitative estimate of drug-likeness (QED) is 0.791. The number of carboxylic acids is 1. The highest BCUT2D eigenvalue weighted by atomic mass is 16.4. The molecular weight excluding hydrogens is 222 g/mol. The van der Waals surface area contributed by atoms with E-state index in [9.17, 15) is 9.59 Å². The van der Waals surface area contributed by atoms with E-state index in [4.69, 9.17) is 5.11 Å². The van der Waals surface area contributed by atoms with Gasteiger partial charge in [-0.1, -0.05) is 6.42 Å². The van der Waals surface area contributed by atoms with Gasteiger partial charge in [0.05, 0.1) is 11.6 Å². The summed E-state index contributed by atoms with van der Waals surface area (Å²) >= 11 is 0. The van der Waals surface area contributed by atoms with Gasteiger partial charge in [0.15, 0.2) is 0 Å². The van der Waals surface area contributed by atoms with E-state index in [1.165, 1.54) is 18.6 Å². The number of hydrogen-bond acceptors (Lipinski definition) is 4. The molecule has 0 radical (unpaired) electrons. The molecule has 17 heavy (non-hydrogen) atoms. The predicted molar refractivity (Wildman–Crippen MR) is 58.3 cm³/mol. The first-order valence-electron chi connectivity index (χ1n) is 5.42. The standard InChI is InChI=1S/C11H13N3O3/c15-9(8-6-12-4-5-13-8)14-7-11(10(16)17)2-1-3-11/h4-6H,1-3,7H2,(H,14,15)(H,16,17). The summed E-state index contributed by atoms with van der Waals surface area (Å²) in [5.74, 6) is -1.23. The first-order valence-corrected chi connectivity index (χ1v) is 5.42. The van der Waals surface area contributed by atoms with Gasteiger partial charge in [-0.25, -0.2) is 4.98 Å². The molecule has 0 unspecified atom stereocenters. The summed E-state index contributed by atoms with van der Waals surface area (Å²) in [4.78, 5) is 30.3. The smallest absolute Gasteiger partial charge is 0.311 e. The molecule has 1 saturated carbocycles. The normalized spacial score (nSPS) is 16.9. The van der Waals surface area contributed by atoms with E-state index >= 15 is 0 Å². The number of carbonyl (C=O) groups excluding carboxylic acids is 1. The number of nitrogens with one attached hydrogen (secondary N) is 1. The molecule has 0 bridgehead atoms. The second-order valence-corrected chi connectivity index (χ2v) is 4.21. The molecule has 1 aromatic heterocycles. The van der Waals surface area contributed by atoms with Gasteiger partial charge in [0.25, 0.3) is 5.91 Å². The maximum Gasteiger partial charge on any atom is 0.311 e. The zero-order valence-electron chi connectivity index (χ0n) is 9.22. The van der Waals surface area contributed by atoms with Gasteiger partial charge in [0.1, 0.15) is 5.69 Å². The number of carbonyl (C=O) groups is 2. The minimum atomic E-state index is -0.844. The molecule has 1 heterocycles. The predicted octanol–water partition coefficient (Wildman–Crippen LogP) is 0.461. The van der Waals surface area contributed by atoms with E-state index in [1.807, 2.05) is 0 Å². The Bertz CT molecular complexity index is 429. The molecule has 0 aromatic carbocycles. The van der Waals surface area contributed by atoms with E-state index in [2.05, 4.69) is 15.3 Å². The Labute approximate surface area is 98.1 Å². The number of amides is 1. The molecule has 0 saturated heterocycles. The van der Waals surface area contributed by atoms with Crippen LogP contribution in [0.1, 0.15) is 29.8 Å². The van der Waals surface area contributed by atoms with Crippen molar-refractivity contribution in [1.29, 1.82) is 0 Å². The fourth-order valence-electron chi connectivity index (χ4n) is 1.83. The van der Waals surface area contributed by atoms with Crippen LogP contribution < -0.4 is 5.32 Å². The van der Waals surface area contributed by atoms with Crippen LogP contribution in [-0.2, 0) is 4.79 Å². The van der Waals surface area contributed by atoms with Crippen LogP contribution in [-0.4, -0.2) is 33.5 Å². The second kappa shape index (κ2) is 4.48. The fourth-order valence-corrected chi connectivity index (χ4v) is 1.83. The molecule has 6 heteroatoms. The minimum Gasteiger partial charge on any atom is -0.481 e. The van der Waals surface area contributed by atoms with E-state index in [-0.39, 0.29) is 18.1 Å². The number of hydrogen-bond donors (Lipinski definition) is 2. The summed E-state index contributed by atoms with van der Waals surface area (Å²) in [6.07, 6.45) is 6.37. The Balaban J connectivity index is 1.95. The highest BCUT2D eigenvalue weighted by molar-refractivity contribution is 5.92. The number of aromatic nitrogens is 2. The lowest BCUT2D eigenvalue weighted by molar-refractivity contribution is -0.153. The van der Waals surface area contributed by atoms with Gasteiger partial charge in [-0.05, 0) is 12.8 Å². The third-order valence-electron chi connectivity index (χ3n) is 3.15. The van der Waals surface area contributed by atoms with Crippen molar-refractivity contribution in [3.8, 4) is 0 Å². The van der Waals surface area contributed by atoms with E-state index < -0.39 is 11.4 Å². The van der Waals surface area contributed by atoms with E-state index in [0.717, 1.165) is 6.42 Å². The third kappa shape index (κ3) is 2.25. The Hall–Kier alpha value is -1.98. The summed E-state index contributed by atoms with van der Waals surface area (Å²) in [7, 11) is 0. The molecule has 1 aliphatic rings. The van der Waals surface area contributed by atoms with Gasteiger partial charge in [-0.3, -0.25) is 14.6 Å². The third-order valence-corrected chi connectivity index (χ3v) is 3.15. The Morgan fingerprint density at radius 2 is 2.18 bits per heavy atom.